The van der Waals surface area contributed by atoms with E-state index in [1.807, 2.05) is 36.9 Å². The van der Waals surface area contributed by atoms with Gasteiger partial charge in [0, 0.05) is 39.3 Å². The number of carbonyl (C=O) groups is 2. The third-order valence-electron chi connectivity index (χ3n) is 4.42. The lowest BCUT2D eigenvalue weighted by Crippen LogP contribution is -2.51. The average molecular weight is 347 g/mol. The number of piperazine rings is 1. The highest BCUT2D eigenvalue weighted by atomic mass is 16.5. The van der Waals surface area contributed by atoms with E-state index in [0.29, 0.717) is 26.1 Å². The van der Waals surface area contributed by atoms with Crippen molar-refractivity contribution in [2.45, 2.75) is 32.9 Å². The van der Waals surface area contributed by atoms with Gasteiger partial charge in [0.15, 0.2) is 0 Å². The van der Waals surface area contributed by atoms with Crippen LogP contribution in [0.2, 0.25) is 0 Å². The Balaban J connectivity index is 1.71. The van der Waals surface area contributed by atoms with Crippen molar-refractivity contribution in [1.29, 1.82) is 0 Å². The molecule has 1 heterocycles. The first-order valence-corrected chi connectivity index (χ1v) is 9.07. The predicted molar refractivity (Wildman–Crippen MR) is 97.0 cm³/mol. The molecule has 1 aliphatic rings. The van der Waals surface area contributed by atoms with Crippen molar-refractivity contribution in [3.8, 4) is 0 Å². The third kappa shape index (κ3) is 6.14. The number of hydrogen-bond acceptors (Lipinski definition) is 4. The van der Waals surface area contributed by atoms with E-state index >= 15 is 0 Å². The van der Waals surface area contributed by atoms with Crippen LogP contribution in [0, 0.1) is 0 Å². The predicted octanol–water partition coefficient (Wildman–Crippen LogP) is 1.26. The lowest BCUT2D eigenvalue weighted by molar-refractivity contribution is -0.138. The summed E-state index contributed by atoms with van der Waals surface area (Å²) in [6.45, 7) is 8.30. The number of rotatable bonds is 8. The maximum atomic E-state index is 12.3. The molecule has 25 heavy (non-hydrogen) atoms. The molecule has 2 amide bonds. The molecule has 2 rings (SSSR count). The molecule has 1 aromatic carbocycles. The van der Waals surface area contributed by atoms with Gasteiger partial charge in [-0.3, -0.25) is 14.5 Å². The number of hydrogen-bond donors (Lipinski definition) is 1. The number of benzene rings is 1. The zero-order chi connectivity index (χ0) is 18.1. The van der Waals surface area contributed by atoms with Crippen molar-refractivity contribution in [2.75, 3.05) is 39.3 Å². The molecule has 1 N–H and O–H groups in total. The maximum absolute atomic E-state index is 12.3. The third-order valence-corrected chi connectivity index (χ3v) is 4.42. The Labute approximate surface area is 150 Å². The largest absolute Gasteiger partial charge is 0.369 e. The second-order valence-electron chi connectivity index (χ2n) is 6.21. The van der Waals surface area contributed by atoms with E-state index in [-0.39, 0.29) is 18.4 Å². The summed E-state index contributed by atoms with van der Waals surface area (Å²) < 4.78 is 5.36. The van der Waals surface area contributed by atoms with E-state index in [0.717, 1.165) is 19.6 Å². The summed E-state index contributed by atoms with van der Waals surface area (Å²) in [4.78, 5) is 28.4. The van der Waals surface area contributed by atoms with Crippen molar-refractivity contribution >= 4 is 11.8 Å². The molecule has 138 valence electrons. The lowest BCUT2D eigenvalue weighted by Gasteiger charge is -2.34. The number of carbonyl (C=O) groups excluding carboxylic acids is 2. The molecule has 1 saturated heterocycles. The zero-order valence-corrected chi connectivity index (χ0v) is 15.2. The van der Waals surface area contributed by atoms with Crippen LogP contribution in [0.15, 0.2) is 30.3 Å². The van der Waals surface area contributed by atoms with Crippen LogP contribution in [0.4, 0.5) is 0 Å². The van der Waals surface area contributed by atoms with Crippen molar-refractivity contribution in [3.05, 3.63) is 35.9 Å². The van der Waals surface area contributed by atoms with E-state index in [1.54, 1.807) is 0 Å². The highest BCUT2D eigenvalue weighted by Gasteiger charge is 2.22. The Morgan fingerprint density at radius 3 is 2.40 bits per heavy atom. The fraction of sp³-hybridized carbons (Fsp3) is 0.579. The van der Waals surface area contributed by atoms with E-state index in [9.17, 15) is 9.59 Å². The summed E-state index contributed by atoms with van der Waals surface area (Å²) >= 11 is 0. The molecule has 0 bridgehead atoms. The van der Waals surface area contributed by atoms with Crippen LogP contribution in [0.3, 0.4) is 0 Å². The number of ether oxygens (including phenoxy) is 1. The van der Waals surface area contributed by atoms with Crippen molar-refractivity contribution in [3.63, 3.8) is 0 Å². The van der Waals surface area contributed by atoms with Crippen LogP contribution in [0.1, 0.15) is 25.8 Å². The number of nitrogens with one attached hydrogen (secondary N) is 1. The van der Waals surface area contributed by atoms with Crippen LogP contribution in [0.5, 0.6) is 0 Å². The number of amides is 2. The SMILES string of the molecule is CCOC(CC)C(=O)NCC(=O)N1CCN(Cc2ccccc2)CC1. The van der Waals surface area contributed by atoms with Gasteiger partial charge in [-0.1, -0.05) is 37.3 Å². The smallest absolute Gasteiger partial charge is 0.249 e. The highest BCUT2D eigenvalue weighted by Crippen LogP contribution is 2.08. The molecule has 1 aromatic rings. The van der Waals surface area contributed by atoms with Gasteiger partial charge in [-0.05, 0) is 18.9 Å². The normalized spacial score (nSPS) is 16.5. The van der Waals surface area contributed by atoms with E-state index < -0.39 is 6.10 Å². The Hall–Kier alpha value is -1.92. The first kappa shape index (κ1) is 19.4. The molecule has 1 atom stereocenters. The summed E-state index contributed by atoms with van der Waals surface area (Å²) in [6, 6.07) is 10.3. The Morgan fingerprint density at radius 1 is 1.12 bits per heavy atom. The van der Waals surface area contributed by atoms with Gasteiger partial charge < -0.3 is 15.0 Å². The van der Waals surface area contributed by atoms with Crippen molar-refractivity contribution in [2.24, 2.45) is 0 Å². The topological polar surface area (TPSA) is 61.9 Å². The standard InChI is InChI=1S/C19H29N3O3/c1-3-17(25-4-2)19(24)20-14-18(23)22-12-10-21(11-13-22)15-16-8-6-5-7-9-16/h5-9,17H,3-4,10-15H2,1-2H3,(H,20,24). The Bertz CT molecular complexity index is 542. The molecule has 0 saturated carbocycles. The van der Waals surface area contributed by atoms with Crippen LogP contribution in [-0.2, 0) is 20.9 Å². The van der Waals surface area contributed by atoms with Crippen molar-refractivity contribution in [1.82, 2.24) is 15.1 Å². The van der Waals surface area contributed by atoms with Crippen LogP contribution < -0.4 is 5.32 Å². The van der Waals surface area contributed by atoms with Gasteiger partial charge in [-0.15, -0.1) is 0 Å². The molecule has 0 spiro atoms. The molecule has 0 radical (unpaired) electrons. The van der Waals surface area contributed by atoms with E-state index in [1.165, 1.54) is 5.56 Å². The van der Waals surface area contributed by atoms with Gasteiger partial charge in [-0.2, -0.15) is 0 Å². The van der Waals surface area contributed by atoms with Gasteiger partial charge in [0.1, 0.15) is 6.10 Å². The highest BCUT2D eigenvalue weighted by molar-refractivity contribution is 5.86. The summed E-state index contributed by atoms with van der Waals surface area (Å²) in [5.74, 6) is -0.237. The molecule has 0 aliphatic carbocycles. The molecule has 1 unspecified atom stereocenters. The quantitative estimate of drug-likeness (QED) is 0.769. The molecule has 1 fully saturated rings. The van der Waals surface area contributed by atoms with Crippen LogP contribution >= 0.6 is 0 Å². The molecular weight excluding hydrogens is 318 g/mol. The van der Waals surface area contributed by atoms with Gasteiger partial charge in [0.25, 0.3) is 0 Å². The second-order valence-corrected chi connectivity index (χ2v) is 6.21. The second kappa shape index (κ2) is 10.2. The monoisotopic (exact) mass is 347 g/mol. The Kier molecular flexibility index (Phi) is 7.88. The van der Waals surface area contributed by atoms with E-state index in [4.69, 9.17) is 4.74 Å². The van der Waals surface area contributed by atoms with Gasteiger partial charge >= 0.3 is 0 Å². The van der Waals surface area contributed by atoms with Crippen LogP contribution in [-0.4, -0.2) is 67.0 Å². The molecule has 6 nitrogen and oxygen atoms in total. The summed E-state index contributed by atoms with van der Waals surface area (Å²) in [6.07, 6.45) is 0.131. The minimum absolute atomic E-state index is 0.0286. The van der Waals surface area contributed by atoms with E-state index in [2.05, 4.69) is 22.3 Å². The summed E-state index contributed by atoms with van der Waals surface area (Å²) in [5.41, 5.74) is 1.29. The Morgan fingerprint density at radius 2 is 1.80 bits per heavy atom. The fourth-order valence-electron chi connectivity index (χ4n) is 2.97. The molecule has 0 aromatic heterocycles. The minimum Gasteiger partial charge on any atom is -0.369 e. The van der Waals surface area contributed by atoms with Gasteiger partial charge in [0.2, 0.25) is 11.8 Å². The minimum atomic E-state index is -0.472. The first-order chi connectivity index (χ1) is 12.1. The summed E-state index contributed by atoms with van der Waals surface area (Å²) in [7, 11) is 0. The number of nitrogens with zero attached hydrogens (tertiary/aromatic N) is 2. The van der Waals surface area contributed by atoms with Crippen LogP contribution in [0.25, 0.3) is 0 Å². The van der Waals surface area contributed by atoms with Gasteiger partial charge in [-0.25, -0.2) is 0 Å². The summed E-state index contributed by atoms with van der Waals surface area (Å²) in [5, 5.41) is 2.70. The van der Waals surface area contributed by atoms with Gasteiger partial charge in [0.05, 0.1) is 6.54 Å². The first-order valence-electron chi connectivity index (χ1n) is 9.07. The molecular formula is C19H29N3O3. The van der Waals surface area contributed by atoms with Crippen molar-refractivity contribution < 1.29 is 14.3 Å². The lowest BCUT2D eigenvalue weighted by atomic mass is 10.2. The maximum Gasteiger partial charge on any atom is 0.249 e. The molecule has 6 heteroatoms. The fourth-order valence-corrected chi connectivity index (χ4v) is 2.97. The average Bonchev–Trinajstić information content (AvgIpc) is 2.65. The zero-order valence-electron chi connectivity index (χ0n) is 15.2. The molecule has 1 aliphatic heterocycles.